The van der Waals surface area contributed by atoms with Crippen LogP contribution in [-0.2, 0) is 19.1 Å². The van der Waals surface area contributed by atoms with E-state index >= 15 is 0 Å². The summed E-state index contributed by atoms with van der Waals surface area (Å²) in [5.74, 6) is -3.31. The number of rotatable bonds is 0. The van der Waals surface area contributed by atoms with Gasteiger partial charge in [0.2, 0.25) is 0 Å². The molecule has 6 nitrogen and oxygen atoms in total. The molecule has 3 rings (SSSR count). The van der Waals surface area contributed by atoms with Gasteiger partial charge < -0.3 is 19.7 Å². The van der Waals surface area contributed by atoms with E-state index in [-0.39, 0.29) is 18.9 Å². The first-order valence-corrected chi connectivity index (χ1v) is 7.18. The second-order valence-corrected chi connectivity index (χ2v) is 6.55. The van der Waals surface area contributed by atoms with Crippen molar-refractivity contribution in [3.63, 3.8) is 0 Å². The van der Waals surface area contributed by atoms with Crippen LogP contribution in [0.1, 0.15) is 27.2 Å². The molecule has 6 atom stereocenters. The van der Waals surface area contributed by atoms with Crippen LogP contribution < -0.4 is 0 Å². The van der Waals surface area contributed by atoms with Crippen LogP contribution >= 0.6 is 0 Å². The topological polar surface area (TPSA) is 93.1 Å². The molecule has 2 aliphatic heterocycles. The van der Waals surface area contributed by atoms with Crippen LogP contribution in [-0.4, -0.2) is 46.6 Å². The van der Waals surface area contributed by atoms with Crippen LogP contribution in [0.25, 0.3) is 0 Å². The van der Waals surface area contributed by atoms with Crippen molar-refractivity contribution in [1.29, 1.82) is 0 Å². The van der Waals surface area contributed by atoms with E-state index in [4.69, 9.17) is 9.47 Å². The molecule has 2 heterocycles. The Balaban J connectivity index is 2.15. The van der Waals surface area contributed by atoms with Crippen molar-refractivity contribution in [3.8, 4) is 0 Å². The third-order valence-electron chi connectivity index (χ3n) is 5.35. The third-order valence-corrected chi connectivity index (χ3v) is 5.35. The highest BCUT2D eigenvalue weighted by molar-refractivity contribution is 6.00. The maximum absolute atomic E-state index is 12.2. The molecule has 1 spiro atoms. The largest absolute Gasteiger partial charge is 0.463 e. The molecule has 2 unspecified atom stereocenters. The van der Waals surface area contributed by atoms with Gasteiger partial charge in [0.1, 0.15) is 6.10 Å². The van der Waals surface area contributed by atoms with Crippen LogP contribution in [0.5, 0.6) is 0 Å². The Hall–Kier alpha value is -1.24. The van der Waals surface area contributed by atoms with Gasteiger partial charge in [0.25, 0.3) is 0 Å². The van der Waals surface area contributed by atoms with E-state index in [2.05, 4.69) is 0 Å². The Labute approximate surface area is 122 Å². The minimum Gasteiger partial charge on any atom is -0.463 e. The second kappa shape index (κ2) is 4.38. The number of Topliss-reactive ketones (excluding diaryl/α,β-unsaturated/α-hetero) is 1. The molecule has 0 aromatic rings. The monoisotopic (exact) mass is 296 g/mol. The zero-order chi connectivity index (χ0) is 15.6. The van der Waals surface area contributed by atoms with Gasteiger partial charge in [-0.15, -0.1) is 0 Å². The normalized spacial score (nSPS) is 49.9. The molecular formula is C15H20O6. The predicted molar refractivity (Wildman–Crippen MR) is 70.9 cm³/mol. The number of esters is 1. The molecule has 0 saturated carbocycles. The quantitative estimate of drug-likeness (QED) is 0.619. The van der Waals surface area contributed by atoms with Crippen molar-refractivity contribution in [2.75, 3.05) is 6.61 Å². The van der Waals surface area contributed by atoms with E-state index < -0.39 is 41.1 Å². The molecule has 1 aliphatic carbocycles. The number of ether oxygens (including phenoxy) is 2. The first-order valence-electron chi connectivity index (χ1n) is 7.18. The molecule has 116 valence electrons. The molecule has 3 aliphatic rings. The lowest BCUT2D eigenvalue weighted by Gasteiger charge is -2.48. The number of ketones is 1. The lowest BCUT2D eigenvalue weighted by Crippen LogP contribution is -2.60. The molecule has 2 saturated heterocycles. The molecule has 2 fully saturated rings. The van der Waals surface area contributed by atoms with Crippen LogP contribution in [0.15, 0.2) is 11.6 Å². The van der Waals surface area contributed by atoms with Gasteiger partial charge in [0.05, 0.1) is 12.0 Å². The molecule has 21 heavy (non-hydrogen) atoms. The van der Waals surface area contributed by atoms with Gasteiger partial charge in [-0.2, -0.15) is 0 Å². The first kappa shape index (κ1) is 14.7. The van der Waals surface area contributed by atoms with Gasteiger partial charge in [0.15, 0.2) is 17.7 Å². The smallest absolute Gasteiger partial charge is 0.335 e. The predicted octanol–water partition coefficient (Wildman–Crippen LogP) is 0.169. The highest BCUT2D eigenvalue weighted by Gasteiger charge is 2.71. The molecular weight excluding hydrogens is 276 g/mol. The number of hydrogen-bond acceptors (Lipinski definition) is 6. The maximum atomic E-state index is 12.2. The second-order valence-electron chi connectivity index (χ2n) is 6.55. The molecule has 0 radical (unpaired) electrons. The van der Waals surface area contributed by atoms with Gasteiger partial charge in [-0.1, -0.05) is 13.0 Å². The van der Waals surface area contributed by atoms with Gasteiger partial charge in [-0.3, -0.25) is 4.79 Å². The number of cyclic esters (lactones) is 1. The lowest BCUT2D eigenvalue weighted by molar-refractivity contribution is -0.247. The Morgan fingerprint density at radius 2 is 2.05 bits per heavy atom. The minimum absolute atomic E-state index is 0.115. The number of aliphatic hydroxyl groups excluding tert-OH is 1. The van der Waals surface area contributed by atoms with Crippen LogP contribution in [0, 0.1) is 17.3 Å². The highest BCUT2D eigenvalue weighted by Crippen LogP contribution is 2.59. The van der Waals surface area contributed by atoms with E-state index in [9.17, 15) is 19.8 Å². The Morgan fingerprint density at radius 1 is 1.38 bits per heavy atom. The van der Waals surface area contributed by atoms with E-state index in [1.807, 2.05) is 6.92 Å². The summed E-state index contributed by atoms with van der Waals surface area (Å²) in [4.78, 5) is 24.2. The number of aliphatic hydroxyl groups is 2. The molecule has 0 aromatic carbocycles. The van der Waals surface area contributed by atoms with Crippen molar-refractivity contribution in [1.82, 2.24) is 0 Å². The Bertz CT molecular complexity index is 536. The van der Waals surface area contributed by atoms with E-state index in [0.717, 1.165) is 0 Å². The SMILES string of the molecule is CC1=CC[C@@]2(C(O)C1=O)[C@H]1C(C)COC(=O)[C@@H]1O[C@@]2(C)O. The number of fused-ring (bicyclic) bond motifs is 2. The summed E-state index contributed by atoms with van der Waals surface area (Å²) in [5.41, 5.74) is -0.744. The summed E-state index contributed by atoms with van der Waals surface area (Å²) < 4.78 is 10.6. The van der Waals surface area contributed by atoms with Gasteiger partial charge >= 0.3 is 5.97 Å². The zero-order valence-electron chi connectivity index (χ0n) is 12.3. The number of hydrogen-bond donors (Lipinski definition) is 2. The summed E-state index contributed by atoms with van der Waals surface area (Å²) in [5, 5.41) is 21.3. The fraction of sp³-hybridized carbons (Fsp3) is 0.733. The summed E-state index contributed by atoms with van der Waals surface area (Å²) >= 11 is 0. The Morgan fingerprint density at radius 3 is 2.71 bits per heavy atom. The number of carbonyl (C=O) groups is 2. The summed E-state index contributed by atoms with van der Waals surface area (Å²) in [7, 11) is 0. The summed E-state index contributed by atoms with van der Waals surface area (Å²) in [6, 6.07) is 0. The van der Waals surface area contributed by atoms with Crippen molar-refractivity contribution in [2.24, 2.45) is 17.3 Å². The van der Waals surface area contributed by atoms with Crippen molar-refractivity contribution >= 4 is 11.8 Å². The van der Waals surface area contributed by atoms with Gasteiger partial charge in [0, 0.05) is 5.92 Å². The van der Waals surface area contributed by atoms with Crippen molar-refractivity contribution < 1.29 is 29.3 Å². The highest BCUT2D eigenvalue weighted by atomic mass is 16.7. The number of allylic oxidation sites excluding steroid dienone is 1. The first-order chi connectivity index (χ1) is 9.72. The van der Waals surface area contributed by atoms with E-state index in [1.54, 1.807) is 13.0 Å². The van der Waals surface area contributed by atoms with Crippen molar-refractivity contribution in [3.05, 3.63) is 11.6 Å². The van der Waals surface area contributed by atoms with E-state index in [0.29, 0.717) is 5.57 Å². The van der Waals surface area contributed by atoms with Crippen molar-refractivity contribution in [2.45, 2.75) is 45.2 Å². The van der Waals surface area contributed by atoms with Crippen LogP contribution in [0.4, 0.5) is 0 Å². The minimum atomic E-state index is -1.77. The van der Waals surface area contributed by atoms with Gasteiger partial charge in [-0.25, -0.2) is 4.79 Å². The van der Waals surface area contributed by atoms with Crippen LogP contribution in [0.2, 0.25) is 0 Å². The Kier molecular flexibility index (Phi) is 3.06. The lowest BCUT2D eigenvalue weighted by atomic mass is 9.57. The van der Waals surface area contributed by atoms with Crippen LogP contribution in [0.3, 0.4) is 0 Å². The molecule has 2 N–H and O–H groups in total. The third kappa shape index (κ3) is 1.69. The van der Waals surface area contributed by atoms with Gasteiger partial charge in [-0.05, 0) is 31.8 Å². The maximum Gasteiger partial charge on any atom is 0.335 e. The zero-order valence-corrected chi connectivity index (χ0v) is 12.3. The standard InChI is InChI=1S/C15H20O6/c1-7-4-5-15(12(17)10(7)16)9-8(2)6-20-13(18)11(9)21-14(15,3)19/h4,8-9,11-12,17,19H,5-6H2,1-3H3/t8?,9-,11+,12?,14+,15-/m0/s1. The molecule has 0 aromatic heterocycles. The average Bonchev–Trinajstić information content (AvgIpc) is 2.66. The van der Waals surface area contributed by atoms with E-state index in [1.165, 1.54) is 6.92 Å². The fourth-order valence-corrected chi connectivity index (χ4v) is 4.16. The molecule has 6 heteroatoms. The number of carbonyl (C=O) groups excluding carboxylic acids is 2. The fourth-order valence-electron chi connectivity index (χ4n) is 4.16. The summed E-state index contributed by atoms with van der Waals surface area (Å²) in [6.45, 7) is 5.12. The average molecular weight is 296 g/mol. The molecule has 0 amide bonds. The summed E-state index contributed by atoms with van der Waals surface area (Å²) in [6.07, 6.45) is -0.335. The molecule has 0 bridgehead atoms.